The molecular formula is C26H29N3O5. The molecule has 1 saturated carbocycles. The standard InChI is InChI=1S/C26H29N3O5/c30-22(19-34-23(31)18-29-24(32)26(27-25(29)33)14-7-8-15-26)28(17-21-11-5-2-6-12-21)16-13-20-9-3-1-4-10-20/h1-6,9-12H,7-8,13-19H2,(H,27,33). The summed E-state index contributed by atoms with van der Waals surface area (Å²) in [5, 5.41) is 2.73. The van der Waals surface area contributed by atoms with Gasteiger partial charge in [-0.2, -0.15) is 0 Å². The van der Waals surface area contributed by atoms with Crippen molar-refractivity contribution in [1.29, 1.82) is 0 Å². The van der Waals surface area contributed by atoms with Crippen molar-refractivity contribution in [3.63, 3.8) is 0 Å². The molecule has 0 atom stereocenters. The van der Waals surface area contributed by atoms with E-state index in [1.165, 1.54) is 0 Å². The number of carbonyl (C=O) groups is 4. The fourth-order valence-corrected chi connectivity index (χ4v) is 4.55. The SMILES string of the molecule is O=C(CN1C(=O)NC2(CCCC2)C1=O)OCC(=O)N(CCc1ccccc1)Cc1ccccc1. The van der Waals surface area contributed by atoms with Crippen molar-refractivity contribution >= 4 is 23.8 Å². The smallest absolute Gasteiger partial charge is 0.326 e. The number of amides is 4. The highest BCUT2D eigenvalue weighted by Gasteiger charge is 2.52. The predicted molar refractivity (Wildman–Crippen MR) is 124 cm³/mol. The first-order valence-electron chi connectivity index (χ1n) is 11.6. The van der Waals surface area contributed by atoms with E-state index in [9.17, 15) is 19.2 Å². The molecule has 0 bridgehead atoms. The summed E-state index contributed by atoms with van der Waals surface area (Å²) < 4.78 is 5.18. The molecule has 178 valence electrons. The minimum absolute atomic E-state index is 0.336. The Morgan fingerprint density at radius 3 is 2.21 bits per heavy atom. The minimum atomic E-state index is -0.878. The number of nitrogens with zero attached hydrogens (tertiary/aromatic N) is 2. The third-order valence-corrected chi connectivity index (χ3v) is 6.43. The third kappa shape index (κ3) is 5.44. The molecule has 8 heteroatoms. The van der Waals surface area contributed by atoms with Crippen molar-refractivity contribution in [2.24, 2.45) is 0 Å². The van der Waals surface area contributed by atoms with Gasteiger partial charge in [-0.3, -0.25) is 19.3 Å². The summed E-state index contributed by atoms with van der Waals surface area (Å²) in [5.74, 6) is -1.50. The number of rotatable bonds is 9. The Labute approximate surface area is 198 Å². The molecule has 4 rings (SSSR count). The van der Waals surface area contributed by atoms with E-state index < -0.39 is 30.7 Å². The van der Waals surface area contributed by atoms with E-state index in [2.05, 4.69) is 5.32 Å². The lowest BCUT2D eigenvalue weighted by molar-refractivity contribution is -0.154. The molecule has 0 unspecified atom stereocenters. The van der Waals surface area contributed by atoms with Gasteiger partial charge in [-0.1, -0.05) is 73.5 Å². The zero-order chi connectivity index (χ0) is 24.0. The molecule has 0 aromatic heterocycles. The molecule has 1 saturated heterocycles. The molecule has 1 aliphatic carbocycles. The molecule has 2 aromatic rings. The Kier molecular flexibility index (Phi) is 7.25. The van der Waals surface area contributed by atoms with E-state index in [4.69, 9.17) is 4.74 Å². The van der Waals surface area contributed by atoms with Crippen LogP contribution in [0, 0.1) is 0 Å². The number of imide groups is 1. The van der Waals surface area contributed by atoms with Gasteiger partial charge in [0.15, 0.2) is 6.61 Å². The normalized spacial score (nSPS) is 16.5. The summed E-state index contributed by atoms with van der Waals surface area (Å²) in [6.07, 6.45) is 3.55. The first-order chi connectivity index (χ1) is 16.5. The summed E-state index contributed by atoms with van der Waals surface area (Å²) in [7, 11) is 0. The first kappa shape index (κ1) is 23.5. The number of benzene rings is 2. The number of esters is 1. The zero-order valence-electron chi connectivity index (χ0n) is 19.1. The highest BCUT2D eigenvalue weighted by Crippen LogP contribution is 2.34. The Balaban J connectivity index is 1.33. The molecule has 2 aromatic carbocycles. The monoisotopic (exact) mass is 463 g/mol. The lowest BCUT2D eigenvalue weighted by atomic mass is 9.98. The minimum Gasteiger partial charge on any atom is -0.454 e. The lowest BCUT2D eigenvalue weighted by Crippen LogP contribution is -2.44. The summed E-state index contributed by atoms with van der Waals surface area (Å²) >= 11 is 0. The molecule has 2 aliphatic rings. The molecule has 1 spiro atoms. The van der Waals surface area contributed by atoms with Crippen LogP contribution in [0.15, 0.2) is 60.7 Å². The number of ether oxygens (including phenoxy) is 1. The molecule has 1 heterocycles. The quantitative estimate of drug-likeness (QED) is 0.456. The van der Waals surface area contributed by atoms with Crippen molar-refractivity contribution in [3.05, 3.63) is 71.8 Å². The van der Waals surface area contributed by atoms with Gasteiger partial charge in [-0.25, -0.2) is 4.79 Å². The summed E-state index contributed by atoms with van der Waals surface area (Å²) in [5.41, 5.74) is 1.19. The van der Waals surface area contributed by atoms with Crippen LogP contribution in [-0.4, -0.2) is 58.8 Å². The third-order valence-electron chi connectivity index (χ3n) is 6.43. The molecule has 1 aliphatic heterocycles. The van der Waals surface area contributed by atoms with Gasteiger partial charge in [0.25, 0.3) is 11.8 Å². The lowest BCUT2D eigenvalue weighted by Gasteiger charge is -2.23. The van der Waals surface area contributed by atoms with E-state index >= 15 is 0 Å². The predicted octanol–water partition coefficient (Wildman–Crippen LogP) is 2.67. The Morgan fingerprint density at radius 1 is 0.941 bits per heavy atom. The largest absolute Gasteiger partial charge is 0.454 e. The van der Waals surface area contributed by atoms with E-state index in [0.717, 1.165) is 28.9 Å². The number of carbonyl (C=O) groups excluding carboxylic acids is 4. The maximum absolute atomic E-state index is 12.9. The average Bonchev–Trinajstić information content (AvgIpc) is 3.41. The number of urea groups is 1. The van der Waals surface area contributed by atoms with Crippen LogP contribution in [0.5, 0.6) is 0 Å². The second-order valence-corrected chi connectivity index (χ2v) is 8.81. The van der Waals surface area contributed by atoms with Gasteiger partial charge in [0, 0.05) is 13.1 Å². The van der Waals surface area contributed by atoms with Crippen molar-refractivity contribution in [1.82, 2.24) is 15.1 Å². The summed E-state index contributed by atoms with van der Waals surface area (Å²) in [4.78, 5) is 52.8. The Morgan fingerprint density at radius 2 is 1.56 bits per heavy atom. The average molecular weight is 464 g/mol. The van der Waals surface area contributed by atoms with Gasteiger partial charge in [-0.05, 0) is 30.4 Å². The van der Waals surface area contributed by atoms with Gasteiger partial charge in [0.05, 0.1) is 0 Å². The highest BCUT2D eigenvalue weighted by molar-refractivity contribution is 6.08. The topological polar surface area (TPSA) is 96.0 Å². The first-order valence-corrected chi connectivity index (χ1v) is 11.6. The van der Waals surface area contributed by atoms with Crippen LogP contribution in [0.3, 0.4) is 0 Å². The van der Waals surface area contributed by atoms with Crippen LogP contribution in [0.2, 0.25) is 0 Å². The van der Waals surface area contributed by atoms with Crippen molar-refractivity contribution in [3.8, 4) is 0 Å². The van der Waals surface area contributed by atoms with E-state index in [1.807, 2.05) is 60.7 Å². The van der Waals surface area contributed by atoms with Gasteiger partial charge in [0.2, 0.25) is 0 Å². The van der Waals surface area contributed by atoms with Crippen LogP contribution in [0.1, 0.15) is 36.8 Å². The second kappa shape index (κ2) is 10.5. The van der Waals surface area contributed by atoms with Crippen molar-refractivity contribution in [2.45, 2.75) is 44.2 Å². The summed E-state index contributed by atoms with van der Waals surface area (Å²) in [6.45, 7) is -0.0952. The Hall–Kier alpha value is -3.68. The molecule has 34 heavy (non-hydrogen) atoms. The van der Waals surface area contributed by atoms with E-state index in [0.29, 0.717) is 32.4 Å². The molecule has 1 N–H and O–H groups in total. The fourth-order valence-electron chi connectivity index (χ4n) is 4.55. The zero-order valence-corrected chi connectivity index (χ0v) is 19.1. The molecule has 2 fully saturated rings. The molecule has 0 radical (unpaired) electrons. The van der Waals surface area contributed by atoms with E-state index in [1.54, 1.807) is 4.90 Å². The number of nitrogens with one attached hydrogen (secondary N) is 1. The maximum atomic E-state index is 12.9. The maximum Gasteiger partial charge on any atom is 0.326 e. The van der Waals surface area contributed by atoms with Gasteiger partial charge < -0.3 is 15.0 Å². The van der Waals surface area contributed by atoms with Crippen LogP contribution in [-0.2, 0) is 32.1 Å². The van der Waals surface area contributed by atoms with Gasteiger partial charge in [-0.15, -0.1) is 0 Å². The van der Waals surface area contributed by atoms with Crippen molar-refractivity contribution < 1.29 is 23.9 Å². The fraction of sp³-hybridized carbons (Fsp3) is 0.385. The second-order valence-electron chi connectivity index (χ2n) is 8.81. The summed E-state index contributed by atoms with van der Waals surface area (Å²) in [6, 6.07) is 18.9. The van der Waals surface area contributed by atoms with Gasteiger partial charge >= 0.3 is 12.0 Å². The molecular weight excluding hydrogens is 434 g/mol. The van der Waals surface area contributed by atoms with Crippen molar-refractivity contribution in [2.75, 3.05) is 19.7 Å². The Bertz CT molecular complexity index is 1030. The van der Waals surface area contributed by atoms with Crippen LogP contribution < -0.4 is 5.32 Å². The molecule has 8 nitrogen and oxygen atoms in total. The molecule has 4 amide bonds. The van der Waals surface area contributed by atoms with Crippen LogP contribution in [0.25, 0.3) is 0 Å². The van der Waals surface area contributed by atoms with E-state index in [-0.39, 0.29) is 11.8 Å². The van der Waals surface area contributed by atoms with Crippen LogP contribution in [0.4, 0.5) is 4.79 Å². The van der Waals surface area contributed by atoms with Crippen LogP contribution >= 0.6 is 0 Å². The van der Waals surface area contributed by atoms with Gasteiger partial charge in [0.1, 0.15) is 12.1 Å². The highest BCUT2D eigenvalue weighted by atomic mass is 16.5. The number of hydrogen-bond donors (Lipinski definition) is 1. The number of hydrogen-bond acceptors (Lipinski definition) is 5.